The fourth-order valence-electron chi connectivity index (χ4n) is 2.37. The highest BCUT2D eigenvalue weighted by Gasteiger charge is 2.17. The summed E-state index contributed by atoms with van der Waals surface area (Å²) in [5.74, 6) is 0.729. The first kappa shape index (κ1) is 15.8. The number of benzene rings is 1. The largest absolute Gasteiger partial charge is 0.330 e. The predicted octanol–water partition coefficient (Wildman–Crippen LogP) is 3.24. The summed E-state index contributed by atoms with van der Waals surface area (Å²) in [4.78, 5) is 2.49. The lowest BCUT2D eigenvalue weighted by Gasteiger charge is -2.31. The fraction of sp³-hybridized carbons (Fsp3) is 0.571. The molecule has 0 bridgehead atoms. The standard InChI is InChI=1S/C14H21ClN2.ClH/c1-11-2-3-13(8-14(11)15)10-17-6-4-12(9-16)5-7-17;/h2-3,8,12H,4-7,9-10,16H2,1H3;1H. The third kappa shape index (κ3) is 4.13. The van der Waals surface area contributed by atoms with Gasteiger partial charge in [-0.05, 0) is 62.5 Å². The molecule has 1 saturated heterocycles. The Labute approximate surface area is 121 Å². The summed E-state index contributed by atoms with van der Waals surface area (Å²) in [5, 5.41) is 0.874. The number of hydrogen-bond acceptors (Lipinski definition) is 2. The molecular formula is C14H22Cl2N2. The number of rotatable bonds is 3. The van der Waals surface area contributed by atoms with Crippen LogP contribution in [0.25, 0.3) is 0 Å². The minimum Gasteiger partial charge on any atom is -0.330 e. The third-order valence-corrected chi connectivity index (χ3v) is 4.09. The van der Waals surface area contributed by atoms with Crippen LogP contribution in [-0.4, -0.2) is 24.5 Å². The molecule has 1 fully saturated rings. The van der Waals surface area contributed by atoms with E-state index in [1.54, 1.807) is 0 Å². The normalized spacial score (nSPS) is 17.5. The smallest absolute Gasteiger partial charge is 0.0438 e. The molecule has 4 heteroatoms. The molecule has 0 radical (unpaired) electrons. The van der Waals surface area contributed by atoms with Crippen LogP contribution in [0, 0.1) is 12.8 Å². The molecule has 102 valence electrons. The molecule has 0 amide bonds. The van der Waals surface area contributed by atoms with Crippen molar-refractivity contribution < 1.29 is 0 Å². The molecule has 2 rings (SSSR count). The van der Waals surface area contributed by atoms with E-state index < -0.39 is 0 Å². The van der Waals surface area contributed by atoms with E-state index in [1.807, 2.05) is 6.92 Å². The SMILES string of the molecule is Cc1ccc(CN2CCC(CN)CC2)cc1Cl.Cl. The minimum absolute atomic E-state index is 0. The molecule has 0 aliphatic carbocycles. The van der Waals surface area contributed by atoms with Crippen molar-refractivity contribution in [2.75, 3.05) is 19.6 Å². The minimum atomic E-state index is 0. The summed E-state index contributed by atoms with van der Waals surface area (Å²) in [6.07, 6.45) is 2.46. The van der Waals surface area contributed by atoms with Crippen molar-refractivity contribution in [2.24, 2.45) is 11.7 Å². The van der Waals surface area contributed by atoms with Crippen LogP contribution in [0.2, 0.25) is 5.02 Å². The molecule has 0 aromatic heterocycles. The number of hydrogen-bond donors (Lipinski definition) is 1. The zero-order valence-corrected chi connectivity index (χ0v) is 12.4. The number of nitrogens with two attached hydrogens (primary N) is 1. The molecule has 2 N–H and O–H groups in total. The van der Waals surface area contributed by atoms with Crippen molar-refractivity contribution in [2.45, 2.75) is 26.3 Å². The van der Waals surface area contributed by atoms with Crippen LogP contribution < -0.4 is 5.73 Å². The molecule has 1 aromatic carbocycles. The maximum Gasteiger partial charge on any atom is 0.0438 e. The second kappa shape index (κ2) is 7.34. The van der Waals surface area contributed by atoms with Gasteiger partial charge in [0, 0.05) is 11.6 Å². The van der Waals surface area contributed by atoms with Crippen molar-refractivity contribution in [1.29, 1.82) is 0 Å². The van der Waals surface area contributed by atoms with E-state index in [1.165, 1.54) is 18.4 Å². The van der Waals surface area contributed by atoms with Gasteiger partial charge < -0.3 is 5.73 Å². The number of halogens is 2. The number of aryl methyl sites for hydroxylation is 1. The Balaban J connectivity index is 0.00000162. The fourth-order valence-corrected chi connectivity index (χ4v) is 2.58. The second-order valence-corrected chi connectivity index (χ2v) is 5.45. The highest BCUT2D eigenvalue weighted by atomic mass is 35.5. The molecule has 1 aliphatic heterocycles. The van der Waals surface area contributed by atoms with Gasteiger partial charge in [-0.1, -0.05) is 23.7 Å². The van der Waals surface area contributed by atoms with Gasteiger partial charge in [0.25, 0.3) is 0 Å². The van der Waals surface area contributed by atoms with E-state index in [9.17, 15) is 0 Å². The van der Waals surface area contributed by atoms with E-state index in [4.69, 9.17) is 17.3 Å². The topological polar surface area (TPSA) is 29.3 Å². The monoisotopic (exact) mass is 288 g/mol. The van der Waals surface area contributed by atoms with E-state index in [0.717, 1.165) is 42.7 Å². The lowest BCUT2D eigenvalue weighted by atomic mass is 9.97. The van der Waals surface area contributed by atoms with Crippen molar-refractivity contribution in [3.8, 4) is 0 Å². The van der Waals surface area contributed by atoms with Crippen LogP contribution in [0.15, 0.2) is 18.2 Å². The molecule has 0 saturated carbocycles. The Kier molecular flexibility index (Phi) is 6.44. The van der Waals surface area contributed by atoms with Gasteiger partial charge in [-0.15, -0.1) is 12.4 Å². The van der Waals surface area contributed by atoms with Crippen LogP contribution in [0.4, 0.5) is 0 Å². The van der Waals surface area contributed by atoms with E-state index in [0.29, 0.717) is 0 Å². The Morgan fingerprint density at radius 3 is 2.56 bits per heavy atom. The molecule has 2 nitrogen and oxygen atoms in total. The molecule has 1 aromatic rings. The van der Waals surface area contributed by atoms with E-state index in [-0.39, 0.29) is 12.4 Å². The van der Waals surface area contributed by atoms with Crippen LogP contribution in [0.5, 0.6) is 0 Å². The molecular weight excluding hydrogens is 267 g/mol. The zero-order valence-electron chi connectivity index (χ0n) is 10.9. The molecule has 0 atom stereocenters. The third-order valence-electron chi connectivity index (χ3n) is 3.68. The average molecular weight is 289 g/mol. The molecule has 1 aliphatic rings. The Bertz CT molecular complexity index is 374. The predicted molar refractivity (Wildman–Crippen MR) is 80.5 cm³/mol. The average Bonchev–Trinajstić information content (AvgIpc) is 2.35. The lowest BCUT2D eigenvalue weighted by molar-refractivity contribution is 0.180. The summed E-state index contributed by atoms with van der Waals surface area (Å²) in [5.41, 5.74) is 8.16. The molecule has 1 heterocycles. The van der Waals surface area contributed by atoms with Crippen molar-refractivity contribution >= 4 is 24.0 Å². The lowest BCUT2D eigenvalue weighted by Crippen LogP contribution is -2.35. The molecule has 18 heavy (non-hydrogen) atoms. The summed E-state index contributed by atoms with van der Waals surface area (Å²) in [7, 11) is 0. The van der Waals surface area contributed by atoms with Crippen molar-refractivity contribution in [3.63, 3.8) is 0 Å². The van der Waals surface area contributed by atoms with Gasteiger partial charge in [-0.2, -0.15) is 0 Å². The maximum atomic E-state index is 6.14. The van der Waals surface area contributed by atoms with Crippen molar-refractivity contribution in [3.05, 3.63) is 34.3 Å². The number of nitrogens with zero attached hydrogens (tertiary/aromatic N) is 1. The first-order valence-electron chi connectivity index (χ1n) is 6.36. The Morgan fingerprint density at radius 2 is 2.00 bits per heavy atom. The van der Waals surface area contributed by atoms with E-state index >= 15 is 0 Å². The maximum absolute atomic E-state index is 6.14. The van der Waals surface area contributed by atoms with Crippen LogP contribution >= 0.6 is 24.0 Å². The highest BCUT2D eigenvalue weighted by molar-refractivity contribution is 6.31. The van der Waals surface area contributed by atoms with Gasteiger partial charge in [0.15, 0.2) is 0 Å². The van der Waals surface area contributed by atoms with Gasteiger partial charge in [0.1, 0.15) is 0 Å². The first-order chi connectivity index (χ1) is 8.19. The van der Waals surface area contributed by atoms with E-state index in [2.05, 4.69) is 23.1 Å². The molecule has 0 spiro atoms. The summed E-state index contributed by atoms with van der Waals surface area (Å²) < 4.78 is 0. The van der Waals surface area contributed by atoms with Gasteiger partial charge in [0.2, 0.25) is 0 Å². The zero-order chi connectivity index (χ0) is 12.3. The second-order valence-electron chi connectivity index (χ2n) is 5.04. The van der Waals surface area contributed by atoms with Crippen LogP contribution in [-0.2, 0) is 6.54 Å². The first-order valence-corrected chi connectivity index (χ1v) is 6.74. The summed E-state index contributed by atoms with van der Waals surface area (Å²) >= 11 is 6.14. The van der Waals surface area contributed by atoms with Crippen LogP contribution in [0.3, 0.4) is 0 Å². The van der Waals surface area contributed by atoms with Crippen LogP contribution in [0.1, 0.15) is 24.0 Å². The molecule has 0 unspecified atom stereocenters. The van der Waals surface area contributed by atoms with Crippen molar-refractivity contribution in [1.82, 2.24) is 4.90 Å². The quantitative estimate of drug-likeness (QED) is 0.925. The van der Waals surface area contributed by atoms with Gasteiger partial charge in [-0.25, -0.2) is 0 Å². The summed E-state index contributed by atoms with van der Waals surface area (Å²) in [6, 6.07) is 6.37. The van der Waals surface area contributed by atoms with Gasteiger partial charge >= 0.3 is 0 Å². The number of piperidine rings is 1. The number of likely N-dealkylation sites (tertiary alicyclic amines) is 1. The highest BCUT2D eigenvalue weighted by Crippen LogP contribution is 2.21. The Morgan fingerprint density at radius 1 is 1.33 bits per heavy atom. The van der Waals surface area contributed by atoms with Gasteiger partial charge in [0.05, 0.1) is 0 Å². The summed E-state index contributed by atoms with van der Waals surface area (Å²) in [6.45, 7) is 6.21. The Hall–Kier alpha value is -0.280. The van der Waals surface area contributed by atoms with Gasteiger partial charge in [-0.3, -0.25) is 4.90 Å².